The number of nitrogens with zero attached hydrogens (tertiary/aromatic N) is 15. The van der Waals surface area contributed by atoms with Crippen LogP contribution in [0.5, 0.6) is 11.5 Å². The number of ether oxygens (including phenoxy) is 2. The number of methoxy groups -OCH3 is 2. The second kappa shape index (κ2) is 44.6. The molecule has 5 aromatic heterocycles. The summed E-state index contributed by atoms with van der Waals surface area (Å²) < 4.78 is 124. The molecule has 0 unspecified atom stereocenters. The predicted octanol–water partition coefficient (Wildman–Crippen LogP) is 21.6. The van der Waals surface area contributed by atoms with E-state index in [2.05, 4.69) is 52.1 Å². The van der Waals surface area contributed by atoms with Gasteiger partial charge in [0, 0.05) is 73.7 Å². The number of halogens is 10. The van der Waals surface area contributed by atoms with Crippen molar-refractivity contribution in [3.63, 3.8) is 0 Å². The maximum absolute atomic E-state index is 13.2. The zero-order chi connectivity index (χ0) is 98.1. The first kappa shape index (κ1) is 97.3. The lowest BCUT2D eigenvalue weighted by Gasteiger charge is -2.29. The monoisotopic (exact) mass is 1950 g/mol. The minimum Gasteiger partial charge on any atom is -0.497 e. The van der Waals surface area contributed by atoms with Crippen LogP contribution in [0.2, 0.25) is 10.0 Å². The fourth-order valence-corrected chi connectivity index (χ4v) is 17.3. The van der Waals surface area contributed by atoms with Crippen LogP contribution in [0.1, 0.15) is 101 Å². The molecule has 140 heavy (non-hydrogen) atoms. The molecule has 0 aliphatic carbocycles. The van der Waals surface area contributed by atoms with Crippen LogP contribution in [-0.4, -0.2) is 126 Å². The average molecular weight is 1950 g/mol. The Morgan fingerprint density at radius 1 is 0.371 bits per heavy atom. The molecule has 720 valence electrons. The normalized spacial score (nSPS) is 13.6. The van der Waals surface area contributed by atoms with Gasteiger partial charge < -0.3 is 36.1 Å². The van der Waals surface area contributed by atoms with Crippen molar-refractivity contribution in [2.45, 2.75) is 103 Å². The largest absolute Gasteiger partial charge is 0.497 e. The van der Waals surface area contributed by atoms with E-state index in [4.69, 9.17) is 32.7 Å². The van der Waals surface area contributed by atoms with E-state index in [9.17, 15) is 59.1 Å². The van der Waals surface area contributed by atoms with Crippen LogP contribution in [0.4, 0.5) is 93.2 Å². The Balaban J connectivity index is 0.000000126. The van der Waals surface area contributed by atoms with Gasteiger partial charge in [-0.15, -0.1) is 0 Å². The van der Waals surface area contributed by atoms with Gasteiger partial charge in [-0.05, 0) is 264 Å². The number of rotatable bonds is 16. The van der Waals surface area contributed by atoms with Crippen LogP contribution in [0, 0.1) is 29.1 Å². The topological polar surface area (TPSA) is 269 Å². The van der Waals surface area contributed by atoms with Gasteiger partial charge in [-0.1, -0.05) is 89.9 Å². The number of carbonyl (C=O) groups is 5. The molecule has 0 spiro atoms. The third-order valence-corrected chi connectivity index (χ3v) is 24.6. The van der Waals surface area contributed by atoms with Crippen molar-refractivity contribution >= 4 is 87.5 Å². The Hall–Kier alpha value is -15.8. The van der Waals surface area contributed by atoms with Gasteiger partial charge in [0.05, 0.1) is 142 Å². The summed E-state index contributed by atoms with van der Waals surface area (Å²) in [7, 11) is 3.24. The van der Waals surface area contributed by atoms with Crippen LogP contribution in [-0.2, 0) is 57.9 Å². The number of hydrogen-bond donors (Lipinski definition) is 5. The second-order valence-corrected chi connectivity index (χ2v) is 33.9. The van der Waals surface area contributed by atoms with Crippen LogP contribution < -0.4 is 60.6 Å². The Bertz CT molecular complexity index is 6850. The van der Waals surface area contributed by atoms with Crippen molar-refractivity contribution in [3.05, 3.63) is 369 Å². The number of aromatic nitrogens is 10. The first-order chi connectivity index (χ1) is 67.8. The highest BCUT2D eigenvalue weighted by molar-refractivity contribution is 6.31. The number of fused-ring (bicyclic) bond motifs is 5. The lowest BCUT2D eigenvalue weighted by atomic mass is 10.1. The van der Waals surface area contributed by atoms with Crippen molar-refractivity contribution < 1.29 is 68.6 Å². The van der Waals surface area contributed by atoms with Crippen molar-refractivity contribution in [1.82, 2.24) is 70.2 Å². The van der Waals surface area contributed by atoms with Gasteiger partial charge in [0.2, 0.25) is 0 Å². The molecule has 27 nitrogen and oxygen atoms in total. The van der Waals surface area contributed by atoms with Crippen molar-refractivity contribution in [2.75, 3.05) is 76.8 Å². The van der Waals surface area contributed by atoms with Crippen LogP contribution >= 0.6 is 23.2 Å². The third kappa shape index (κ3) is 23.2. The maximum atomic E-state index is 13.2. The fourth-order valence-electron chi connectivity index (χ4n) is 16.9. The number of amides is 10. The predicted molar refractivity (Wildman–Crippen MR) is 519 cm³/mol. The Morgan fingerprint density at radius 3 is 1.06 bits per heavy atom. The zero-order valence-corrected chi connectivity index (χ0v) is 77.6. The third-order valence-electron chi connectivity index (χ3n) is 24.0. The number of para-hydroxylation sites is 1. The van der Waals surface area contributed by atoms with Crippen LogP contribution in [0.25, 0.3) is 28.4 Å². The molecule has 10 aromatic carbocycles. The van der Waals surface area contributed by atoms with Gasteiger partial charge in [-0.3, -0.25) is 24.5 Å². The van der Waals surface area contributed by atoms with Crippen molar-refractivity contribution in [3.8, 4) is 39.9 Å². The van der Waals surface area contributed by atoms with Crippen molar-refractivity contribution in [2.24, 2.45) is 0 Å². The standard InChI is InChI=1S/C22H23FN4O2.C21H21FN4O2.2C20H18ClFN4O.C20H16F4N4O/c1-15(16-5-11-19(29-2)12-6-16)25-22(28)26-13-3-4-20-21(26)14-24-27(20)18-9-7-17(23)8-10-18;1-28-20-7-3-2-5-15(20)13-23-21(27)25-12-4-6-18-19(25)14-24-26(18)17-10-8-16(22)9-11-17;21-15-5-3-14(4-6-15)12-23-20(27)25-11-1-2-18-19(25)13-24-26(18)17-9-7-16(22)8-10-17;21-17-5-2-1-4-14(17)12-23-20(27)25-11-3-6-18-19(25)13-24-26(18)16-9-7-15(22)8-10-16;21-14-6-8-16(9-7-14)28-17-5-2-10-27(18(17)12-25-28)19(29)26-15-4-1-3-13(11-15)20(22,23)24/h5-12,14-15H,3-4,13H2,1-2H3,(H,25,28);2-3,5,7-11,14H,4,6,12-13H2,1H3,(H,23,27);3-10,13H,1-2,11-12H2,(H,23,27);1-2,4-5,7-10,13H,3,6,11-12H2,(H,23,27);1,3-4,6-9,11-12H,2,5,10H2,(H,26,29)/t15-;;;;/m0..../s1. The van der Waals surface area contributed by atoms with E-state index < -0.39 is 17.8 Å². The molecule has 0 bridgehead atoms. The van der Waals surface area contributed by atoms with E-state index in [-0.39, 0.29) is 64.9 Å². The van der Waals surface area contributed by atoms with Gasteiger partial charge >= 0.3 is 36.3 Å². The number of carbonyl (C=O) groups excluding carboxylic acids is 5. The molecule has 10 heterocycles. The molecule has 5 aliphatic heterocycles. The SMILES string of the molecule is COc1ccc([C@H](C)NC(=O)N2CCCc3c2cnn3-c2ccc(F)cc2)cc1.COc1ccccc1CNC(=O)N1CCCc2c1cnn2-c1ccc(F)cc1.O=C(NCc1ccc(Cl)cc1)N1CCCc2c1cnn2-c1ccc(F)cc1.O=C(NCc1ccccc1Cl)N1CCCc2c1cnn2-c1ccc(F)cc1.O=C(Nc1cccc(C(F)(F)F)c1)N1CCCc2c1cnn2-c1ccc(F)cc1. The molecule has 0 saturated carbocycles. The second-order valence-electron chi connectivity index (χ2n) is 33.1. The highest BCUT2D eigenvalue weighted by Gasteiger charge is 2.35. The summed E-state index contributed by atoms with van der Waals surface area (Å²) in [5.74, 6) is -0.00183. The van der Waals surface area contributed by atoms with Crippen LogP contribution in [0.3, 0.4) is 0 Å². The van der Waals surface area contributed by atoms with E-state index in [1.54, 1.807) is 161 Å². The Kier molecular flexibility index (Phi) is 31.0. The summed E-state index contributed by atoms with van der Waals surface area (Å²) in [4.78, 5) is 72.2. The Labute approximate surface area is 810 Å². The molecule has 37 heteroatoms. The number of alkyl halides is 3. The van der Waals surface area contributed by atoms with Gasteiger partial charge in [-0.25, -0.2) is 69.3 Å². The minimum absolute atomic E-state index is 0.0582. The molecule has 0 fully saturated rings. The molecule has 10 amide bonds. The first-order valence-electron chi connectivity index (χ1n) is 45.2. The summed E-state index contributed by atoms with van der Waals surface area (Å²) >= 11 is 12.0. The summed E-state index contributed by atoms with van der Waals surface area (Å²) in [5, 5.41) is 37.7. The molecular weight excluding hydrogens is 1850 g/mol. The maximum Gasteiger partial charge on any atom is 0.416 e. The van der Waals surface area contributed by atoms with Gasteiger partial charge in [0.15, 0.2) is 0 Å². The number of anilines is 6. The summed E-state index contributed by atoms with van der Waals surface area (Å²) in [6.07, 6.45) is 11.7. The van der Waals surface area contributed by atoms with E-state index in [0.717, 1.165) is 171 Å². The average Bonchev–Trinajstić information content (AvgIpc) is 1.64. The van der Waals surface area contributed by atoms with E-state index in [1.165, 1.54) is 83.9 Å². The number of nitrogens with one attached hydrogen (secondary N) is 5. The molecule has 1 atom stereocenters. The molecule has 0 radical (unpaired) electrons. The highest BCUT2D eigenvalue weighted by atomic mass is 35.5. The number of hydrogen-bond acceptors (Lipinski definition) is 12. The first-order valence-corrected chi connectivity index (χ1v) is 45.9. The molecule has 0 saturated heterocycles. The lowest BCUT2D eigenvalue weighted by molar-refractivity contribution is -0.137. The summed E-state index contributed by atoms with van der Waals surface area (Å²) in [6.45, 7) is 6.03. The summed E-state index contributed by atoms with van der Waals surface area (Å²) in [6, 6.07) is 63.7. The lowest BCUT2D eigenvalue weighted by Crippen LogP contribution is -2.43. The zero-order valence-electron chi connectivity index (χ0n) is 76.1. The van der Waals surface area contributed by atoms with Gasteiger partial charge in [-0.2, -0.15) is 38.7 Å². The number of benzene rings is 10. The Morgan fingerprint density at radius 2 is 0.707 bits per heavy atom. The molecule has 20 rings (SSSR count). The van der Waals surface area contributed by atoms with E-state index in [1.807, 2.05) is 85.8 Å². The van der Waals surface area contributed by atoms with Crippen LogP contribution in [0.15, 0.2) is 274 Å². The summed E-state index contributed by atoms with van der Waals surface area (Å²) in [5.41, 5.74) is 15.1. The molecular formula is C103H96Cl2F8N20O7. The smallest absolute Gasteiger partial charge is 0.416 e. The van der Waals surface area contributed by atoms with Gasteiger partial charge in [0.25, 0.3) is 0 Å². The molecule has 5 aliphatic rings. The van der Waals surface area contributed by atoms with E-state index >= 15 is 0 Å². The quantitative estimate of drug-likeness (QED) is 0.0565. The van der Waals surface area contributed by atoms with E-state index in [0.29, 0.717) is 86.6 Å². The van der Waals surface area contributed by atoms with Crippen molar-refractivity contribution in [1.29, 1.82) is 0 Å². The van der Waals surface area contributed by atoms with Gasteiger partial charge in [0.1, 0.15) is 40.6 Å². The highest BCUT2D eigenvalue weighted by Crippen LogP contribution is 2.38. The fraction of sp³-hybridized carbons (Fsp3) is 0.223. The number of urea groups is 5. The molecule has 15 aromatic rings. The minimum atomic E-state index is -4.49. The molecule has 5 N–H and O–H groups in total.